The van der Waals surface area contributed by atoms with Crippen molar-refractivity contribution in [3.63, 3.8) is 0 Å². The van der Waals surface area contributed by atoms with E-state index in [0.717, 1.165) is 17.7 Å². The van der Waals surface area contributed by atoms with E-state index in [0.29, 0.717) is 12.0 Å². The summed E-state index contributed by atoms with van der Waals surface area (Å²) in [6.45, 7) is 0. The lowest BCUT2D eigenvalue weighted by molar-refractivity contribution is -0.142. The van der Waals surface area contributed by atoms with E-state index in [-0.39, 0.29) is 5.75 Å². The highest BCUT2D eigenvalue weighted by atomic mass is 32.1. The molecular formula is C18H18FNO3S. The van der Waals surface area contributed by atoms with E-state index in [4.69, 9.17) is 0 Å². The summed E-state index contributed by atoms with van der Waals surface area (Å²) in [6, 6.07) is 13.2. The molecule has 126 valence electrons. The van der Waals surface area contributed by atoms with Crippen LogP contribution in [0.4, 0.5) is 4.39 Å². The molecule has 2 atom stereocenters. The first-order chi connectivity index (χ1) is 11.5. The third kappa shape index (κ3) is 4.83. The Bertz CT molecular complexity index is 691. The Balaban J connectivity index is 2.11. The van der Waals surface area contributed by atoms with Crippen molar-refractivity contribution in [3.05, 3.63) is 71.5 Å². The smallest absolute Gasteiger partial charge is 0.330 e. The molecule has 0 aliphatic rings. The summed E-state index contributed by atoms with van der Waals surface area (Å²) in [5.74, 6) is -2.24. The lowest BCUT2D eigenvalue weighted by atomic mass is 9.99. The van der Waals surface area contributed by atoms with Crippen LogP contribution in [0.15, 0.2) is 54.6 Å². The van der Waals surface area contributed by atoms with Crippen LogP contribution in [0.5, 0.6) is 0 Å². The Morgan fingerprint density at radius 1 is 1.08 bits per heavy atom. The van der Waals surface area contributed by atoms with Crippen molar-refractivity contribution in [2.75, 3.05) is 5.75 Å². The molecular weight excluding hydrogens is 329 g/mol. The number of benzene rings is 2. The van der Waals surface area contributed by atoms with E-state index in [1.807, 2.05) is 30.3 Å². The summed E-state index contributed by atoms with van der Waals surface area (Å²) in [7, 11) is 0. The highest BCUT2D eigenvalue weighted by Crippen LogP contribution is 2.17. The number of rotatable bonds is 7. The molecule has 0 saturated heterocycles. The number of carboxylic acids is 1. The van der Waals surface area contributed by atoms with Gasteiger partial charge in [-0.25, -0.2) is 9.18 Å². The topological polar surface area (TPSA) is 66.4 Å². The number of hydrogen-bond acceptors (Lipinski definition) is 3. The highest BCUT2D eigenvalue weighted by Gasteiger charge is 2.26. The zero-order valence-electron chi connectivity index (χ0n) is 12.9. The second kappa shape index (κ2) is 8.49. The van der Waals surface area contributed by atoms with E-state index in [1.165, 1.54) is 12.1 Å². The van der Waals surface area contributed by atoms with Gasteiger partial charge < -0.3 is 10.4 Å². The molecule has 2 N–H and O–H groups in total. The Morgan fingerprint density at radius 2 is 1.71 bits per heavy atom. The minimum Gasteiger partial charge on any atom is -0.479 e. The molecule has 0 spiro atoms. The van der Waals surface area contributed by atoms with E-state index in [1.54, 1.807) is 0 Å². The van der Waals surface area contributed by atoms with E-state index in [9.17, 15) is 19.1 Å². The molecule has 1 unspecified atom stereocenters. The minimum absolute atomic E-state index is 0.288. The molecule has 2 aromatic carbocycles. The third-order valence-electron chi connectivity index (χ3n) is 3.65. The van der Waals surface area contributed by atoms with Crippen LogP contribution in [-0.2, 0) is 16.0 Å². The molecule has 0 bridgehead atoms. The van der Waals surface area contributed by atoms with Gasteiger partial charge in [-0.15, -0.1) is 0 Å². The molecule has 0 saturated carbocycles. The van der Waals surface area contributed by atoms with Crippen LogP contribution in [-0.4, -0.2) is 22.7 Å². The monoisotopic (exact) mass is 347 g/mol. The number of carbonyl (C=O) groups excluding carboxylic acids is 1. The SMILES string of the molecule is O=C(N[C@@H](C(=O)O)c1ccc(F)cc1)C(CS)Cc1ccccc1. The van der Waals surface area contributed by atoms with Gasteiger partial charge >= 0.3 is 5.97 Å². The van der Waals surface area contributed by atoms with E-state index in [2.05, 4.69) is 17.9 Å². The fraction of sp³-hybridized carbons (Fsp3) is 0.222. The van der Waals surface area contributed by atoms with Crippen LogP contribution in [0.3, 0.4) is 0 Å². The van der Waals surface area contributed by atoms with Crippen LogP contribution < -0.4 is 5.32 Å². The van der Waals surface area contributed by atoms with Gasteiger partial charge in [0.2, 0.25) is 5.91 Å². The number of aliphatic carboxylic acids is 1. The number of thiol groups is 1. The van der Waals surface area contributed by atoms with Crippen molar-refractivity contribution >= 4 is 24.5 Å². The van der Waals surface area contributed by atoms with Crippen LogP contribution in [0.1, 0.15) is 17.2 Å². The molecule has 0 aliphatic carbocycles. The van der Waals surface area contributed by atoms with Gasteiger partial charge in [0, 0.05) is 5.75 Å². The van der Waals surface area contributed by atoms with Gasteiger partial charge in [-0.3, -0.25) is 4.79 Å². The molecule has 4 nitrogen and oxygen atoms in total. The zero-order chi connectivity index (χ0) is 17.5. The largest absolute Gasteiger partial charge is 0.479 e. The number of halogens is 1. The first-order valence-electron chi connectivity index (χ1n) is 7.44. The van der Waals surface area contributed by atoms with Crippen molar-refractivity contribution < 1.29 is 19.1 Å². The summed E-state index contributed by atoms with van der Waals surface area (Å²) in [6.07, 6.45) is 0.464. The Hall–Kier alpha value is -2.34. The molecule has 0 radical (unpaired) electrons. The van der Waals surface area contributed by atoms with Crippen LogP contribution in [0.2, 0.25) is 0 Å². The third-order valence-corrected chi connectivity index (χ3v) is 4.09. The van der Waals surface area contributed by atoms with Crippen LogP contribution >= 0.6 is 12.6 Å². The van der Waals surface area contributed by atoms with Gasteiger partial charge in [0.15, 0.2) is 6.04 Å². The van der Waals surface area contributed by atoms with Crippen LogP contribution in [0, 0.1) is 11.7 Å². The lowest BCUT2D eigenvalue weighted by Crippen LogP contribution is -2.39. The predicted molar refractivity (Wildman–Crippen MR) is 92.4 cm³/mol. The normalized spacial score (nSPS) is 13.1. The molecule has 0 heterocycles. The summed E-state index contributed by atoms with van der Waals surface area (Å²) in [5.41, 5.74) is 1.29. The van der Waals surface area contributed by atoms with Gasteiger partial charge in [-0.05, 0) is 29.7 Å². The summed E-state index contributed by atoms with van der Waals surface area (Å²) >= 11 is 4.20. The van der Waals surface area contributed by atoms with Crippen molar-refractivity contribution in [1.82, 2.24) is 5.32 Å². The van der Waals surface area contributed by atoms with Crippen LogP contribution in [0.25, 0.3) is 0 Å². The fourth-order valence-corrected chi connectivity index (χ4v) is 2.64. The highest BCUT2D eigenvalue weighted by molar-refractivity contribution is 7.80. The number of hydrogen-bond donors (Lipinski definition) is 3. The van der Waals surface area contributed by atoms with Gasteiger partial charge in [-0.1, -0.05) is 42.5 Å². The van der Waals surface area contributed by atoms with Gasteiger partial charge in [0.25, 0.3) is 0 Å². The molecule has 2 rings (SSSR count). The predicted octanol–water partition coefficient (Wildman–Crippen LogP) is 2.86. The van der Waals surface area contributed by atoms with Gasteiger partial charge in [0.1, 0.15) is 5.82 Å². The molecule has 2 aromatic rings. The Labute approximate surface area is 145 Å². The summed E-state index contributed by atoms with van der Waals surface area (Å²) < 4.78 is 13.0. The summed E-state index contributed by atoms with van der Waals surface area (Å²) in [4.78, 5) is 23.9. The molecule has 0 aromatic heterocycles. The van der Waals surface area contributed by atoms with Crippen molar-refractivity contribution in [2.45, 2.75) is 12.5 Å². The van der Waals surface area contributed by atoms with Crippen molar-refractivity contribution in [1.29, 1.82) is 0 Å². The van der Waals surface area contributed by atoms with E-state index < -0.39 is 29.7 Å². The standard InChI is InChI=1S/C18H18FNO3S/c19-15-8-6-13(7-9-15)16(18(22)23)20-17(21)14(11-24)10-12-4-2-1-3-5-12/h1-9,14,16,24H,10-11H2,(H,20,21)(H,22,23)/t14?,16-/m1/s1. The molecule has 24 heavy (non-hydrogen) atoms. The molecule has 6 heteroatoms. The second-order valence-corrected chi connectivity index (χ2v) is 5.77. The van der Waals surface area contributed by atoms with E-state index >= 15 is 0 Å². The number of carboxylic acid groups (broad SMARTS) is 1. The maximum Gasteiger partial charge on any atom is 0.330 e. The summed E-state index contributed by atoms with van der Waals surface area (Å²) in [5, 5.41) is 11.9. The Kier molecular flexibility index (Phi) is 6.37. The number of nitrogens with one attached hydrogen (secondary N) is 1. The minimum atomic E-state index is -1.23. The average Bonchev–Trinajstić information content (AvgIpc) is 2.59. The Morgan fingerprint density at radius 3 is 2.25 bits per heavy atom. The zero-order valence-corrected chi connectivity index (χ0v) is 13.7. The fourth-order valence-electron chi connectivity index (χ4n) is 2.34. The van der Waals surface area contributed by atoms with Crippen molar-refractivity contribution in [2.24, 2.45) is 5.92 Å². The number of carbonyl (C=O) groups is 2. The first kappa shape index (κ1) is 18.0. The maximum absolute atomic E-state index is 13.0. The number of amides is 1. The van der Waals surface area contributed by atoms with Crippen molar-refractivity contribution in [3.8, 4) is 0 Å². The maximum atomic E-state index is 13.0. The molecule has 0 aliphatic heterocycles. The lowest BCUT2D eigenvalue weighted by Gasteiger charge is -2.19. The molecule has 1 amide bonds. The van der Waals surface area contributed by atoms with Gasteiger partial charge in [0.05, 0.1) is 5.92 Å². The second-order valence-electron chi connectivity index (χ2n) is 5.40. The van der Waals surface area contributed by atoms with Gasteiger partial charge in [-0.2, -0.15) is 12.6 Å². The first-order valence-corrected chi connectivity index (χ1v) is 8.08. The molecule has 0 fully saturated rings. The quantitative estimate of drug-likeness (QED) is 0.675. The average molecular weight is 347 g/mol.